The monoisotopic (exact) mass is 304 g/mol. The molecule has 22 heavy (non-hydrogen) atoms. The SMILES string of the molecule is CC(O)C1CCCN(CC(=O)NCCCc2ccccc2)C1. The second kappa shape index (κ2) is 8.91. The minimum absolute atomic E-state index is 0.0966. The maximum Gasteiger partial charge on any atom is 0.234 e. The van der Waals surface area contributed by atoms with E-state index in [-0.39, 0.29) is 12.0 Å². The lowest BCUT2D eigenvalue weighted by molar-refractivity contribution is -0.122. The molecule has 1 heterocycles. The highest BCUT2D eigenvalue weighted by Gasteiger charge is 2.24. The van der Waals surface area contributed by atoms with Crippen LogP contribution in [-0.2, 0) is 11.2 Å². The predicted molar refractivity (Wildman–Crippen MR) is 88.6 cm³/mol. The van der Waals surface area contributed by atoms with E-state index in [1.807, 2.05) is 25.1 Å². The summed E-state index contributed by atoms with van der Waals surface area (Å²) in [5, 5.41) is 12.7. The number of likely N-dealkylation sites (tertiary alicyclic amines) is 1. The smallest absolute Gasteiger partial charge is 0.234 e. The highest BCUT2D eigenvalue weighted by Crippen LogP contribution is 2.19. The quantitative estimate of drug-likeness (QED) is 0.756. The molecule has 2 N–H and O–H groups in total. The number of aryl methyl sites for hydroxylation is 1. The first-order valence-corrected chi connectivity index (χ1v) is 8.36. The predicted octanol–water partition coefficient (Wildman–Crippen LogP) is 1.83. The van der Waals surface area contributed by atoms with Gasteiger partial charge >= 0.3 is 0 Å². The molecule has 2 unspecified atom stereocenters. The maximum absolute atomic E-state index is 12.0. The number of nitrogens with zero attached hydrogens (tertiary/aromatic N) is 1. The van der Waals surface area contributed by atoms with Crippen molar-refractivity contribution in [1.82, 2.24) is 10.2 Å². The fourth-order valence-corrected chi connectivity index (χ4v) is 3.05. The van der Waals surface area contributed by atoms with E-state index in [9.17, 15) is 9.90 Å². The van der Waals surface area contributed by atoms with Gasteiger partial charge in [0.2, 0.25) is 5.91 Å². The van der Waals surface area contributed by atoms with Gasteiger partial charge in [0, 0.05) is 13.1 Å². The molecule has 0 radical (unpaired) electrons. The molecular weight excluding hydrogens is 276 g/mol. The summed E-state index contributed by atoms with van der Waals surface area (Å²) in [4.78, 5) is 14.1. The Morgan fingerprint density at radius 3 is 2.91 bits per heavy atom. The Morgan fingerprint density at radius 2 is 2.18 bits per heavy atom. The first-order chi connectivity index (χ1) is 10.6. The summed E-state index contributed by atoms with van der Waals surface area (Å²) in [7, 11) is 0. The zero-order valence-corrected chi connectivity index (χ0v) is 13.5. The molecule has 1 aliphatic rings. The lowest BCUT2D eigenvalue weighted by Gasteiger charge is -2.33. The molecule has 4 heteroatoms. The average Bonchev–Trinajstić information content (AvgIpc) is 2.53. The standard InChI is InChI=1S/C18H28N2O2/c1-15(21)17-10-6-12-20(13-17)14-18(22)19-11-5-9-16-7-3-2-4-8-16/h2-4,7-8,15,17,21H,5-6,9-14H2,1H3,(H,19,22). The van der Waals surface area contributed by atoms with Crippen LogP contribution in [0.4, 0.5) is 0 Å². The minimum atomic E-state index is -0.281. The summed E-state index contributed by atoms with van der Waals surface area (Å²) >= 11 is 0. The molecule has 0 aliphatic carbocycles. The molecule has 1 amide bonds. The van der Waals surface area contributed by atoms with Crippen molar-refractivity contribution < 1.29 is 9.90 Å². The van der Waals surface area contributed by atoms with Crippen LogP contribution in [0.3, 0.4) is 0 Å². The van der Waals surface area contributed by atoms with Crippen LogP contribution in [0.15, 0.2) is 30.3 Å². The summed E-state index contributed by atoms with van der Waals surface area (Å²) in [6, 6.07) is 10.3. The van der Waals surface area contributed by atoms with Crippen LogP contribution in [0, 0.1) is 5.92 Å². The molecule has 1 aromatic carbocycles. The molecule has 1 aromatic rings. The summed E-state index contributed by atoms with van der Waals surface area (Å²) in [6.07, 6.45) is 3.81. The van der Waals surface area contributed by atoms with Crippen LogP contribution in [0.25, 0.3) is 0 Å². The number of hydrogen-bond donors (Lipinski definition) is 2. The number of piperidine rings is 1. The van der Waals surface area contributed by atoms with E-state index in [0.29, 0.717) is 12.5 Å². The molecule has 0 spiro atoms. The molecule has 122 valence electrons. The van der Waals surface area contributed by atoms with Gasteiger partial charge in [-0.2, -0.15) is 0 Å². The molecule has 4 nitrogen and oxygen atoms in total. The van der Waals surface area contributed by atoms with Crippen LogP contribution in [0.1, 0.15) is 31.7 Å². The summed E-state index contributed by atoms with van der Waals surface area (Å²) in [5.41, 5.74) is 1.31. The summed E-state index contributed by atoms with van der Waals surface area (Å²) in [6.45, 7) is 4.81. The van der Waals surface area contributed by atoms with Gasteiger partial charge in [0.15, 0.2) is 0 Å². The molecule has 1 aliphatic heterocycles. The summed E-state index contributed by atoms with van der Waals surface area (Å²) < 4.78 is 0. The van der Waals surface area contributed by atoms with Crippen molar-refractivity contribution in [1.29, 1.82) is 0 Å². The molecule has 0 bridgehead atoms. The molecule has 2 atom stereocenters. The topological polar surface area (TPSA) is 52.6 Å². The Bertz CT molecular complexity index is 448. The van der Waals surface area contributed by atoms with Crippen molar-refractivity contribution in [3.8, 4) is 0 Å². The average molecular weight is 304 g/mol. The third kappa shape index (κ3) is 5.78. The van der Waals surface area contributed by atoms with Gasteiger partial charge in [-0.15, -0.1) is 0 Å². The van der Waals surface area contributed by atoms with Crippen LogP contribution >= 0.6 is 0 Å². The number of benzene rings is 1. The van der Waals surface area contributed by atoms with E-state index in [4.69, 9.17) is 0 Å². The van der Waals surface area contributed by atoms with Crippen molar-refractivity contribution >= 4 is 5.91 Å². The fraction of sp³-hybridized carbons (Fsp3) is 0.611. The Hall–Kier alpha value is -1.39. The lowest BCUT2D eigenvalue weighted by Crippen LogP contribution is -2.44. The number of rotatable bonds is 7. The number of nitrogens with one attached hydrogen (secondary N) is 1. The van der Waals surface area contributed by atoms with Crippen molar-refractivity contribution in [3.05, 3.63) is 35.9 Å². The number of carbonyl (C=O) groups excluding carboxylic acids is 1. The Balaban J connectivity index is 1.61. The second-order valence-corrected chi connectivity index (χ2v) is 6.32. The van der Waals surface area contributed by atoms with Gasteiger partial charge in [-0.1, -0.05) is 30.3 Å². The Labute approximate surface area is 133 Å². The van der Waals surface area contributed by atoms with E-state index < -0.39 is 0 Å². The van der Waals surface area contributed by atoms with E-state index in [1.165, 1.54) is 5.56 Å². The molecular formula is C18H28N2O2. The van der Waals surface area contributed by atoms with E-state index in [0.717, 1.165) is 45.3 Å². The van der Waals surface area contributed by atoms with E-state index in [2.05, 4.69) is 22.3 Å². The Morgan fingerprint density at radius 1 is 1.41 bits per heavy atom. The van der Waals surface area contributed by atoms with Crippen molar-refractivity contribution in [2.24, 2.45) is 5.92 Å². The van der Waals surface area contributed by atoms with Gasteiger partial charge in [0.05, 0.1) is 12.6 Å². The summed E-state index contributed by atoms with van der Waals surface area (Å²) in [5.74, 6) is 0.402. The number of hydrogen-bond acceptors (Lipinski definition) is 3. The van der Waals surface area contributed by atoms with Crippen molar-refractivity contribution in [3.63, 3.8) is 0 Å². The van der Waals surface area contributed by atoms with Crippen LogP contribution in [0.5, 0.6) is 0 Å². The van der Waals surface area contributed by atoms with Crippen LogP contribution in [-0.4, -0.2) is 48.2 Å². The molecule has 1 saturated heterocycles. The first-order valence-electron chi connectivity index (χ1n) is 8.36. The highest BCUT2D eigenvalue weighted by molar-refractivity contribution is 5.77. The molecule has 2 rings (SSSR count). The van der Waals surface area contributed by atoms with E-state index >= 15 is 0 Å². The normalized spacial score (nSPS) is 20.5. The third-order valence-electron chi connectivity index (χ3n) is 4.40. The number of amides is 1. The molecule has 0 saturated carbocycles. The second-order valence-electron chi connectivity index (χ2n) is 6.32. The third-order valence-corrected chi connectivity index (χ3v) is 4.40. The van der Waals surface area contributed by atoms with E-state index in [1.54, 1.807) is 0 Å². The van der Waals surface area contributed by atoms with Gasteiger partial charge in [0.1, 0.15) is 0 Å². The lowest BCUT2D eigenvalue weighted by atomic mass is 9.93. The van der Waals surface area contributed by atoms with Gasteiger partial charge in [0.25, 0.3) is 0 Å². The van der Waals surface area contributed by atoms with Crippen molar-refractivity contribution in [2.75, 3.05) is 26.2 Å². The number of aliphatic hydroxyl groups excluding tert-OH is 1. The number of aliphatic hydroxyl groups is 1. The zero-order chi connectivity index (χ0) is 15.8. The van der Waals surface area contributed by atoms with Gasteiger partial charge in [-0.25, -0.2) is 0 Å². The van der Waals surface area contributed by atoms with Gasteiger partial charge in [-0.05, 0) is 50.6 Å². The molecule has 0 aromatic heterocycles. The zero-order valence-electron chi connectivity index (χ0n) is 13.5. The van der Waals surface area contributed by atoms with Crippen LogP contribution in [0.2, 0.25) is 0 Å². The maximum atomic E-state index is 12.0. The first kappa shape index (κ1) is 17.0. The minimum Gasteiger partial charge on any atom is -0.393 e. The largest absolute Gasteiger partial charge is 0.393 e. The highest BCUT2D eigenvalue weighted by atomic mass is 16.3. The van der Waals surface area contributed by atoms with Crippen LogP contribution < -0.4 is 5.32 Å². The Kier molecular flexibility index (Phi) is 6.87. The van der Waals surface area contributed by atoms with Crippen molar-refractivity contribution in [2.45, 2.75) is 38.7 Å². The fourth-order valence-electron chi connectivity index (χ4n) is 3.05. The van der Waals surface area contributed by atoms with Gasteiger partial charge in [-0.3, -0.25) is 9.69 Å². The molecule has 1 fully saturated rings. The van der Waals surface area contributed by atoms with Gasteiger partial charge < -0.3 is 10.4 Å². The number of carbonyl (C=O) groups is 1.